The Labute approximate surface area is 106 Å². The molecule has 1 heterocycles. The van der Waals surface area contributed by atoms with E-state index in [1.54, 1.807) is 6.92 Å². The fourth-order valence-corrected chi connectivity index (χ4v) is 2.25. The summed E-state index contributed by atoms with van der Waals surface area (Å²) in [6, 6.07) is 0. The first-order chi connectivity index (χ1) is 8.65. The van der Waals surface area contributed by atoms with Crippen LogP contribution in [0.25, 0.3) is 0 Å². The topological polar surface area (TPSA) is 88.2 Å². The van der Waals surface area contributed by atoms with Crippen LogP contribution in [0.3, 0.4) is 0 Å². The van der Waals surface area contributed by atoms with Gasteiger partial charge in [0.15, 0.2) is 5.82 Å². The molecule has 1 aliphatic carbocycles. The van der Waals surface area contributed by atoms with Crippen molar-refractivity contribution in [2.24, 2.45) is 5.92 Å². The van der Waals surface area contributed by atoms with Crippen molar-refractivity contribution in [3.8, 4) is 0 Å². The number of aromatic nitrogens is 2. The number of aliphatic hydroxyl groups excluding tert-OH is 1. The molecule has 1 amide bonds. The molecule has 2 unspecified atom stereocenters. The van der Waals surface area contributed by atoms with Crippen molar-refractivity contribution in [1.82, 2.24) is 15.5 Å². The average Bonchev–Trinajstić information content (AvgIpc) is 2.93. The molecule has 6 nitrogen and oxygen atoms in total. The van der Waals surface area contributed by atoms with Gasteiger partial charge in [0.1, 0.15) is 0 Å². The number of nitrogens with one attached hydrogen (secondary N) is 1. The molecule has 0 aromatic carbocycles. The highest BCUT2D eigenvalue weighted by molar-refractivity contribution is 5.76. The molecule has 6 heteroatoms. The van der Waals surface area contributed by atoms with E-state index in [4.69, 9.17) is 4.52 Å². The van der Waals surface area contributed by atoms with Crippen LogP contribution in [-0.2, 0) is 11.2 Å². The minimum Gasteiger partial charge on any atom is -0.393 e. The van der Waals surface area contributed by atoms with E-state index in [-0.39, 0.29) is 17.9 Å². The Balaban J connectivity index is 1.66. The van der Waals surface area contributed by atoms with Gasteiger partial charge in [0.25, 0.3) is 0 Å². The Morgan fingerprint density at radius 1 is 1.56 bits per heavy atom. The van der Waals surface area contributed by atoms with Gasteiger partial charge in [-0.3, -0.25) is 4.79 Å². The number of nitrogens with zero attached hydrogens (tertiary/aromatic N) is 2. The van der Waals surface area contributed by atoms with Gasteiger partial charge in [0.2, 0.25) is 11.8 Å². The van der Waals surface area contributed by atoms with Gasteiger partial charge >= 0.3 is 0 Å². The molecule has 18 heavy (non-hydrogen) atoms. The van der Waals surface area contributed by atoms with E-state index in [2.05, 4.69) is 15.5 Å². The van der Waals surface area contributed by atoms with Crippen LogP contribution in [0.1, 0.15) is 37.4 Å². The number of rotatable bonds is 5. The maximum absolute atomic E-state index is 11.6. The summed E-state index contributed by atoms with van der Waals surface area (Å²) in [6.45, 7) is 2.30. The molecular weight excluding hydrogens is 234 g/mol. The Bertz CT molecular complexity index is 405. The average molecular weight is 253 g/mol. The van der Waals surface area contributed by atoms with Crippen LogP contribution in [0.4, 0.5) is 0 Å². The number of amides is 1. The summed E-state index contributed by atoms with van der Waals surface area (Å²) in [6.07, 6.45) is 3.42. The molecule has 1 aromatic heterocycles. The summed E-state index contributed by atoms with van der Waals surface area (Å²) >= 11 is 0. The van der Waals surface area contributed by atoms with Crippen LogP contribution in [0, 0.1) is 12.8 Å². The third-order valence-electron chi connectivity index (χ3n) is 3.32. The van der Waals surface area contributed by atoms with Crippen molar-refractivity contribution in [3.05, 3.63) is 11.7 Å². The maximum Gasteiger partial charge on any atom is 0.227 e. The Morgan fingerprint density at radius 3 is 3.00 bits per heavy atom. The third kappa shape index (κ3) is 3.53. The number of carbonyl (C=O) groups excluding carboxylic acids is 1. The van der Waals surface area contributed by atoms with E-state index in [0.717, 1.165) is 19.3 Å². The van der Waals surface area contributed by atoms with E-state index >= 15 is 0 Å². The zero-order valence-electron chi connectivity index (χ0n) is 10.6. The largest absolute Gasteiger partial charge is 0.393 e. The standard InChI is InChI=1S/C12H19N3O3/c1-8-14-12(18-15-8)6-5-11(17)13-7-9-3-2-4-10(9)16/h9-10,16H,2-7H2,1H3,(H,13,17). The summed E-state index contributed by atoms with van der Waals surface area (Å²) in [7, 11) is 0. The second-order valence-corrected chi connectivity index (χ2v) is 4.80. The molecule has 100 valence electrons. The maximum atomic E-state index is 11.6. The first-order valence-electron chi connectivity index (χ1n) is 6.39. The van der Waals surface area contributed by atoms with Gasteiger partial charge in [0, 0.05) is 25.3 Å². The number of aliphatic hydroxyl groups is 1. The second kappa shape index (κ2) is 5.95. The zero-order chi connectivity index (χ0) is 13.0. The highest BCUT2D eigenvalue weighted by Gasteiger charge is 2.25. The van der Waals surface area contributed by atoms with E-state index in [1.807, 2.05) is 0 Å². The zero-order valence-corrected chi connectivity index (χ0v) is 10.6. The van der Waals surface area contributed by atoms with Gasteiger partial charge in [-0.1, -0.05) is 11.6 Å². The van der Waals surface area contributed by atoms with Crippen molar-refractivity contribution < 1.29 is 14.4 Å². The highest BCUT2D eigenvalue weighted by atomic mass is 16.5. The first-order valence-corrected chi connectivity index (χ1v) is 6.39. The van der Waals surface area contributed by atoms with Crippen LogP contribution in [0.15, 0.2) is 4.52 Å². The minimum absolute atomic E-state index is 0.0371. The lowest BCUT2D eigenvalue weighted by atomic mass is 10.1. The molecule has 0 bridgehead atoms. The quantitative estimate of drug-likeness (QED) is 0.801. The smallest absolute Gasteiger partial charge is 0.227 e. The predicted octanol–water partition coefficient (Wildman–Crippen LogP) is 0.588. The predicted molar refractivity (Wildman–Crippen MR) is 63.7 cm³/mol. The number of aryl methyl sites for hydroxylation is 2. The van der Waals surface area contributed by atoms with E-state index in [1.165, 1.54) is 0 Å². The summed E-state index contributed by atoms with van der Waals surface area (Å²) in [4.78, 5) is 15.6. The molecule has 0 radical (unpaired) electrons. The molecule has 0 saturated heterocycles. The summed E-state index contributed by atoms with van der Waals surface area (Å²) in [5.41, 5.74) is 0. The van der Waals surface area contributed by atoms with Crippen LogP contribution in [0.5, 0.6) is 0 Å². The second-order valence-electron chi connectivity index (χ2n) is 4.80. The monoisotopic (exact) mass is 253 g/mol. The van der Waals surface area contributed by atoms with Crippen molar-refractivity contribution in [2.45, 2.75) is 45.1 Å². The Morgan fingerprint density at radius 2 is 2.39 bits per heavy atom. The number of hydrogen-bond acceptors (Lipinski definition) is 5. The van der Waals surface area contributed by atoms with Gasteiger partial charge in [-0.25, -0.2) is 0 Å². The summed E-state index contributed by atoms with van der Waals surface area (Å²) in [5.74, 6) is 1.24. The fourth-order valence-electron chi connectivity index (χ4n) is 2.25. The SMILES string of the molecule is Cc1noc(CCC(=O)NCC2CCCC2O)n1. The van der Waals surface area contributed by atoms with Crippen molar-refractivity contribution in [1.29, 1.82) is 0 Å². The van der Waals surface area contributed by atoms with E-state index < -0.39 is 0 Å². The van der Waals surface area contributed by atoms with Crippen LogP contribution in [0.2, 0.25) is 0 Å². The lowest BCUT2D eigenvalue weighted by Gasteiger charge is -2.14. The summed E-state index contributed by atoms with van der Waals surface area (Å²) in [5, 5.41) is 16.1. The Kier molecular flexibility index (Phi) is 4.30. The van der Waals surface area contributed by atoms with Gasteiger partial charge in [-0.05, 0) is 19.8 Å². The van der Waals surface area contributed by atoms with Crippen molar-refractivity contribution in [2.75, 3.05) is 6.54 Å². The lowest BCUT2D eigenvalue weighted by molar-refractivity contribution is -0.121. The summed E-state index contributed by atoms with van der Waals surface area (Å²) < 4.78 is 4.93. The fraction of sp³-hybridized carbons (Fsp3) is 0.750. The molecule has 2 rings (SSSR count). The van der Waals surface area contributed by atoms with E-state index in [9.17, 15) is 9.90 Å². The van der Waals surface area contributed by atoms with Gasteiger partial charge in [0.05, 0.1) is 6.10 Å². The number of hydrogen-bond donors (Lipinski definition) is 2. The normalized spacial score (nSPS) is 23.2. The van der Waals surface area contributed by atoms with Crippen LogP contribution < -0.4 is 5.32 Å². The molecule has 2 atom stereocenters. The molecule has 1 fully saturated rings. The minimum atomic E-state index is -0.260. The third-order valence-corrected chi connectivity index (χ3v) is 3.32. The molecule has 0 aliphatic heterocycles. The van der Waals surface area contributed by atoms with Crippen LogP contribution >= 0.6 is 0 Å². The van der Waals surface area contributed by atoms with Crippen molar-refractivity contribution >= 4 is 5.91 Å². The molecular formula is C12H19N3O3. The van der Waals surface area contributed by atoms with Gasteiger partial charge < -0.3 is 14.9 Å². The molecule has 0 spiro atoms. The molecule has 2 N–H and O–H groups in total. The molecule has 1 saturated carbocycles. The molecule has 1 aliphatic rings. The Hall–Kier alpha value is -1.43. The first kappa shape index (κ1) is 13.0. The van der Waals surface area contributed by atoms with Crippen molar-refractivity contribution in [3.63, 3.8) is 0 Å². The van der Waals surface area contributed by atoms with Gasteiger partial charge in [-0.15, -0.1) is 0 Å². The van der Waals surface area contributed by atoms with Crippen LogP contribution in [-0.4, -0.2) is 33.8 Å². The van der Waals surface area contributed by atoms with E-state index in [0.29, 0.717) is 31.1 Å². The highest BCUT2D eigenvalue weighted by Crippen LogP contribution is 2.24. The molecule has 1 aromatic rings. The lowest BCUT2D eigenvalue weighted by Crippen LogP contribution is -2.32. The van der Waals surface area contributed by atoms with Gasteiger partial charge in [-0.2, -0.15) is 4.98 Å². The number of carbonyl (C=O) groups is 1.